The molecule has 1 aliphatic heterocycles. The SMILES string of the molecule is O=C1NCCc2[nH]c(-c3ccnc(Cl)c3)c(-c3ccc(F)cc3)c21. The Bertz CT molecular complexity index is 934. The molecule has 0 spiro atoms. The minimum Gasteiger partial charge on any atom is -0.357 e. The summed E-state index contributed by atoms with van der Waals surface area (Å²) in [5.41, 5.74) is 4.62. The van der Waals surface area contributed by atoms with Gasteiger partial charge in [-0.1, -0.05) is 23.7 Å². The van der Waals surface area contributed by atoms with Crippen LogP contribution in [0.5, 0.6) is 0 Å². The average molecular weight is 342 g/mol. The Hall–Kier alpha value is -2.66. The van der Waals surface area contributed by atoms with Crippen molar-refractivity contribution in [2.75, 3.05) is 6.54 Å². The molecule has 0 radical (unpaired) electrons. The van der Waals surface area contributed by atoms with Crippen molar-refractivity contribution in [2.24, 2.45) is 0 Å². The number of carbonyl (C=O) groups is 1. The molecule has 0 aliphatic carbocycles. The normalized spacial score (nSPS) is 13.5. The predicted molar refractivity (Wildman–Crippen MR) is 90.5 cm³/mol. The van der Waals surface area contributed by atoms with Gasteiger partial charge >= 0.3 is 0 Å². The van der Waals surface area contributed by atoms with Crippen molar-refractivity contribution in [1.29, 1.82) is 0 Å². The first kappa shape index (κ1) is 14.9. The zero-order chi connectivity index (χ0) is 16.7. The van der Waals surface area contributed by atoms with Crippen LogP contribution >= 0.6 is 11.6 Å². The number of hydrogen-bond donors (Lipinski definition) is 2. The van der Waals surface area contributed by atoms with Crippen LogP contribution in [0.15, 0.2) is 42.6 Å². The van der Waals surface area contributed by atoms with E-state index in [-0.39, 0.29) is 11.7 Å². The van der Waals surface area contributed by atoms with Crippen molar-refractivity contribution >= 4 is 17.5 Å². The van der Waals surface area contributed by atoms with Gasteiger partial charge in [-0.2, -0.15) is 0 Å². The predicted octanol–water partition coefficient (Wildman–Crippen LogP) is 3.82. The van der Waals surface area contributed by atoms with E-state index in [1.165, 1.54) is 12.1 Å². The van der Waals surface area contributed by atoms with Crippen LogP contribution in [0.2, 0.25) is 5.15 Å². The number of rotatable bonds is 2. The number of fused-ring (bicyclic) bond motifs is 1. The number of aromatic amines is 1. The minimum atomic E-state index is -0.318. The van der Waals surface area contributed by atoms with Crippen molar-refractivity contribution in [2.45, 2.75) is 6.42 Å². The summed E-state index contributed by atoms with van der Waals surface area (Å²) in [5, 5.41) is 3.23. The summed E-state index contributed by atoms with van der Waals surface area (Å²) in [6.07, 6.45) is 2.33. The van der Waals surface area contributed by atoms with E-state index in [1.54, 1.807) is 24.4 Å². The standard InChI is InChI=1S/C18H13ClFN3O/c19-14-9-11(5-7-21-14)17-15(10-1-3-12(20)4-2-10)16-13(23-17)6-8-22-18(16)24/h1-5,7,9,23H,6,8H2,(H,22,24). The summed E-state index contributed by atoms with van der Waals surface area (Å²) < 4.78 is 13.3. The smallest absolute Gasteiger partial charge is 0.253 e. The number of nitrogens with one attached hydrogen (secondary N) is 2. The second-order valence-electron chi connectivity index (χ2n) is 5.61. The highest BCUT2D eigenvalue weighted by Gasteiger charge is 2.27. The number of amides is 1. The highest BCUT2D eigenvalue weighted by Crippen LogP contribution is 2.38. The van der Waals surface area contributed by atoms with E-state index < -0.39 is 0 Å². The monoisotopic (exact) mass is 341 g/mol. The third-order valence-electron chi connectivity index (χ3n) is 4.11. The van der Waals surface area contributed by atoms with E-state index in [2.05, 4.69) is 15.3 Å². The Morgan fingerprint density at radius 3 is 2.62 bits per heavy atom. The van der Waals surface area contributed by atoms with E-state index >= 15 is 0 Å². The topological polar surface area (TPSA) is 57.8 Å². The molecule has 2 aromatic heterocycles. The molecule has 4 nitrogen and oxygen atoms in total. The summed E-state index contributed by atoms with van der Waals surface area (Å²) in [7, 11) is 0. The maximum Gasteiger partial charge on any atom is 0.253 e. The lowest BCUT2D eigenvalue weighted by Gasteiger charge is -2.14. The summed E-state index contributed by atoms with van der Waals surface area (Å²) in [6, 6.07) is 9.69. The van der Waals surface area contributed by atoms with Crippen LogP contribution in [-0.2, 0) is 6.42 Å². The van der Waals surface area contributed by atoms with Gasteiger partial charge in [0.15, 0.2) is 0 Å². The lowest BCUT2D eigenvalue weighted by molar-refractivity contribution is 0.0946. The van der Waals surface area contributed by atoms with Gasteiger partial charge in [-0.15, -0.1) is 0 Å². The van der Waals surface area contributed by atoms with Crippen molar-refractivity contribution in [3.8, 4) is 22.4 Å². The molecule has 0 atom stereocenters. The molecule has 3 heterocycles. The molecule has 0 saturated heterocycles. The molecule has 0 bridgehead atoms. The van der Waals surface area contributed by atoms with Gasteiger partial charge in [0.1, 0.15) is 11.0 Å². The number of nitrogens with zero attached hydrogens (tertiary/aromatic N) is 1. The van der Waals surface area contributed by atoms with Crippen molar-refractivity contribution < 1.29 is 9.18 Å². The fraction of sp³-hybridized carbons (Fsp3) is 0.111. The second kappa shape index (κ2) is 5.76. The fourth-order valence-electron chi connectivity index (χ4n) is 3.06. The molecular formula is C18H13ClFN3O. The Balaban J connectivity index is 2.00. The molecule has 120 valence electrons. The number of H-pyrrole nitrogens is 1. The average Bonchev–Trinajstić information content (AvgIpc) is 2.96. The quantitative estimate of drug-likeness (QED) is 0.696. The van der Waals surface area contributed by atoms with Crippen LogP contribution < -0.4 is 5.32 Å². The van der Waals surface area contributed by atoms with Crippen LogP contribution in [0.3, 0.4) is 0 Å². The maximum absolute atomic E-state index is 13.3. The van der Waals surface area contributed by atoms with Crippen molar-refractivity contribution in [3.05, 3.63) is 64.8 Å². The molecule has 1 aromatic carbocycles. The Morgan fingerprint density at radius 1 is 1.08 bits per heavy atom. The molecule has 3 aromatic rings. The molecule has 0 saturated carbocycles. The largest absolute Gasteiger partial charge is 0.357 e. The van der Waals surface area contributed by atoms with Crippen LogP contribution in [0.1, 0.15) is 16.1 Å². The number of halogens is 2. The first-order valence-electron chi connectivity index (χ1n) is 7.54. The number of pyridine rings is 1. The molecule has 6 heteroatoms. The lowest BCUT2D eigenvalue weighted by Crippen LogP contribution is -2.31. The van der Waals surface area contributed by atoms with Gasteiger partial charge in [-0.3, -0.25) is 4.79 Å². The van der Waals surface area contributed by atoms with Crippen LogP contribution in [-0.4, -0.2) is 22.4 Å². The van der Waals surface area contributed by atoms with E-state index in [0.717, 1.165) is 28.1 Å². The minimum absolute atomic E-state index is 0.127. The number of carbonyl (C=O) groups excluding carboxylic acids is 1. The van der Waals surface area contributed by atoms with Gasteiger partial charge in [0.05, 0.1) is 11.3 Å². The Kier molecular flexibility index (Phi) is 3.58. The molecule has 24 heavy (non-hydrogen) atoms. The molecule has 1 amide bonds. The first-order chi connectivity index (χ1) is 11.6. The number of benzene rings is 1. The highest BCUT2D eigenvalue weighted by atomic mass is 35.5. The van der Waals surface area contributed by atoms with Crippen molar-refractivity contribution in [1.82, 2.24) is 15.3 Å². The maximum atomic E-state index is 13.3. The zero-order valence-electron chi connectivity index (χ0n) is 12.6. The number of hydrogen-bond acceptors (Lipinski definition) is 2. The summed E-state index contributed by atoms with van der Waals surface area (Å²) in [4.78, 5) is 19.8. The summed E-state index contributed by atoms with van der Waals surface area (Å²) >= 11 is 6.02. The van der Waals surface area contributed by atoms with Crippen LogP contribution in [0.25, 0.3) is 22.4 Å². The van der Waals surface area contributed by atoms with Gasteiger partial charge in [0.25, 0.3) is 5.91 Å². The van der Waals surface area contributed by atoms with Crippen LogP contribution in [0.4, 0.5) is 4.39 Å². The molecule has 4 rings (SSSR count). The molecule has 1 aliphatic rings. The van der Waals surface area contributed by atoms with Gasteiger partial charge in [0, 0.05) is 36.0 Å². The molecule has 2 N–H and O–H groups in total. The van der Waals surface area contributed by atoms with Gasteiger partial charge < -0.3 is 10.3 Å². The van der Waals surface area contributed by atoms with Gasteiger partial charge in [-0.25, -0.2) is 9.37 Å². The molecule has 0 fully saturated rings. The molecular weight excluding hydrogens is 329 g/mol. The molecule has 0 unspecified atom stereocenters. The van der Waals surface area contributed by atoms with Gasteiger partial charge in [-0.05, 0) is 29.8 Å². The number of aromatic nitrogens is 2. The third-order valence-corrected chi connectivity index (χ3v) is 4.32. The second-order valence-corrected chi connectivity index (χ2v) is 6.00. The Morgan fingerprint density at radius 2 is 1.88 bits per heavy atom. The Labute approximate surface area is 142 Å². The van der Waals surface area contributed by atoms with Crippen molar-refractivity contribution in [3.63, 3.8) is 0 Å². The zero-order valence-corrected chi connectivity index (χ0v) is 13.3. The van der Waals surface area contributed by atoms with E-state index in [9.17, 15) is 9.18 Å². The summed E-state index contributed by atoms with van der Waals surface area (Å²) in [6.45, 7) is 0.589. The van der Waals surface area contributed by atoms with E-state index in [4.69, 9.17) is 11.6 Å². The van der Waals surface area contributed by atoms with Gasteiger partial charge in [0.2, 0.25) is 0 Å². The lowest BCUT2D eigenvalue weighted by atomic mass is 9.95. The van der Waals surface area contributed by atoms with E-state index in [0.29, 0.717) is 23.7 Å². The highest BCUT2D eigenvalue weighted by molar-refractivity contribution is 6.29. The third kappa shape index (κ3) is 2.47. The fourth-order valence-corrected chi connectivity index (χ4v) is 3.23. The van der Waals surface area contributed by atoms with E-state index in [1.807, 2.05) is 6.07 Å². The first-order valence-corrected chi connectivity index (χ1v) is 7.92. The van der Waals surface area contributed by atoms with Crippen LogP contribution in [0, 0.1) is 5.82 Å². The summed E-state index contributed by atoms with van der Waals surface area (Å²) in [5.74, 6) is -0.445.